The first kappa shape index (κ1) is 17.5. The largest absolute Gasteiger partial charge is 0.452 e. The van der Waals surface area contributed by atoms with Gasteiger partial charge in [-0.05, 0) is 40.5 Å². The van der Waals surface area contributed by atoms with Crippen molar-refractivity contribution in [3.05, 3.63) is 60.2 Å². The van der Waals surface area contributed by atoms with Gasteiger partial charge >= 0.3 is 5.97 Å². The molecular formula is C23H23NO3. The predicted molar refractivity (Wildman–Crippen MR) is 107 cm³/mol. The van der Waals surface area contributed by atoms with Gasteiger partial charge in [-0.25, -0.2) is 4.79 Å². The number of hydrogen-bond donors (Lipinski definition) is 0. The molecule has 0 aromatic heterocycles. The Morgan fingerprint density at radius 3 is 1.96 bits per heavy atom. The number of likely N-dealkylation sites (tertiary alicyclic amines) is 1. The first-order valence-corrected chi connectivity index (χ1v) is 9.59. The Balaban J connectivity index is 1.60. The summed E-state index contributed by atoms with van der Waals surface area (Å²) >= 11 is 0. The molecule has 1 amide bonds. The van der Waals surface area contributed by atoms with Crippen LogP contribution in [0, 0.1) is 0 Å². The molecule has 0 spiro atoms. The predicted octanol–water partition coefficient (Wildman–Crippen LogP) is 4.55. The smallest absolute Gasteiger partial charge is 0.339 e. The van der Waals surface area contributed by atoms with Crippen molar-refractivity contribution in [2.24, 2.45) is 0 Å². The van der Waals surface area contributed by atoms with Crippen molar-refractivity contribution in [2.45, 2.75) is 25.7 Å². The van der Waals surface area contributed by atoms with Gasteiger partial charge < -0.3 is 9.64 Å². The first-order valence-electron chi connectivity index (χ1n) is 9.59. The summed E-state index contributed by atoms with van der Waals surface area (Å²) < 4.78 is 5.47. The number of carbonyl (C=O) groups excluding carboxylic acids is 2. The van der Waals surface area contributed by atoms with Crippen molar-refractivity contribution in [3.63, 3.8) is 0 Å². The number of esters is 1. The van der Waals surface area contributed by atoms with Crippen molar-refractivity contribution in [1.29, 1.82) is 0 Å². The summed E-state index contributed by atoms with van der Waals surface area (Å²) in [5, 5.41) is 3.68. The topological polar surface area (TPSA) is 46.6 Å². The maximum Gasteiger partial charge on any atom is 0.339 e. The molecule has 4 nitrogen and oxygen atoms in total. The van der Waals surface area contributed by atoms with E-state index in [4.69, 9.17) is 4.74 Å². The number of hydrogen-bond acceptors (Lipinski definition) is 3. The molecule has 1 heterocycles. The van der Waals surface area contributed by atoms with Gasteiger partial charge in [0.2, 0.25) is 0 Å². The molecule has 4 rings (SSSR count). The molecule has 1 aliphatic rings. The highest BCUT2D eigenvalue weighted by atomic mass is 16.5. The van der Waals surface area contributed by atoms with E-state index in [-0.39, 0.29) is 12.5 Å². The van der Waals surface area contributed by atoms with Crippen LogP contribution >= 0.6 is 0 Å². The zero-order valence-corrected chi connectivity index (χ0v) is 15.3. The van der Waals surface area contributed by atoms with Gasteiger partial charge in [-0.1, -0.05) is 61.4 Å². The lowest BCUT2D eigenvalue weighted by molar-refractivity contribution is -0.134. The fourth-order valence-corrected chi connectivity index (χ4v) is 3.84. The maximum absolute atomic E-state index is 12.9. The lowest BCUT2D eigenvalue weighted by Gasteiger charge is -2.20. The summed E-state index contributed by atoms with van der Waals surface area (Å²) in [5.74, 6) is -0.541. The van der Waals surface area contributed by atoms with E-state index >= 15 is 0 Å². The molecule has 0 bridgehead atoms. The first-order chi connectivity index (χ1) is 13.2. The Labute approximate surface area is 158 Å². The Morgan fingerprint density at radius 2 is 1.37 bits per heavy atom. The van der Waals surface area contributed by atoms with Gasteiger partial charge in [0, 0.05) is 13.1 Å². The van der Waals surface area contributed by atoms with Gasteiger partial charge in [0.1, 0.15) is 0 Å². The molecule has 1 saturated heterocycles. The van der Waals surface area contributed by atoms with Crippen LogP contribution in [-0.2, 0) is 9.53 Å². The maximum atomic E-state index is 12.9. The number of amides is 1. The quantitative estimate of drug-likeness (QED) is 0.508. The van der Waals surface area contributed by atoms with Gasteiger partial charge in [-0.2, -0.15) is 0 Å². The molecule has 4 heteroatoms. The SMILES string of the molecule is O=C(OCC(=O)N1CCCCCC1)c1c2ccccc2cc2ccccc12. The van der Waals surface area contributed by atoms with E-state index in [9.17, 15) is 9.59 Å². The summed E-state index contributed by atoms with van der Waals surface area (Å²) in [6.07, 6.45) is 4.36. The van der Waals surface area contributed by atoms with Gasteiger partial charge in [-0.15, -0.1) is 0 Å². The molecule has 138 valence electrons. The lowest BCUT2D eigenvalue weighted by Crippen LogP contribution is -2.35. The van der Waals surface area contributed by atoms with E-state index in [1.807, 2.05) is 53.4 Å². The molecule has 0 N–H and O–H groups in total. The van der Waals surface area contributed by atoms with E-state index in [0.717, 1.165) is 60.3 Å². The summed E-state index contributed by atoms with van der Waals surface area (Å²) in [4.78, 5) is 27.2. The molecular weight excluding hydrogens is 338 g/mol. The van der Waals surface area contributed by atoms with Crippen LogP contribution in [0.1, 0.15) is 36.0 Å². The number of carbonyl (C=O) groups is 2. The second-order valence-corrected chi connectivity index (χ2v) is 7.06. The molecule has 0 radical (unpaired) electrons. The molecule has 3 aromatic rings. The highest BCUT2D eigenvalue weighted by Crippen LogP contribution is 2.29. The van der Waals surface area contributed by atoms with E-state index in [1.54, 1.807) is 0 Å². The number of fused-ring (bicyclic) bond motifs is 2. The van der Waals surface area contributed by atoms with Crippen molar-refractivity contribution in [1.82, 2.24) is 4.90 Å². The third-order valence-electron chi connectivity index (χ3n) is 5.26. The standard InChI is InChI=1S/C23H23NO3/c25-21(24-13-7-1-2-8-14-24)16-27-23(26)22-19-11-5-3-9-17(19)15-18-10-4-6-12-20(18)22/h3-6,9-12,15H,1-2,7-8,13-14,16H2. The second-order valence-electron chi connectivity index (χ2n) is 7.06. The third-order valence-corrected chi connectivity index (χ3v) is 5.26. The van der Waals surface area contributed by atoms with Crippen molar-refractivity contribution >= 4 is 33.4 Å². The Kier molecular flexibility index (Phi) is 5.05. The van der Waals surface area contributed by atoms with Crippen LogP contribution in [0.15, 0.2) is 54.6 Å². The van der Waals surface area contributed by atoms with Crippen LogP contribution < -0.4 is 0 Å². The highest BCUT2D eigenvalue weighted by Gasteiger charge is 2.20. The average Bonchev–Trinajstić information content (AvgIpc) is 2.99. The zero-order valence-electron chi connectivity index (χ0n) is 15.3. The van der Waals surface area contributed by atoms with E-state index < -0.39 is 5.97 Å². The van der Waals surface area contributed by atoms with E-state index in [0.29, 0.717) is 5.56 Å². The number of ether oxygens (including phenoxy) is 1. The second kappa shape index (κ2) is 7.78. The molecule has 3 aromatic carbocycles. The monoisotopic (exact) mass is 361 g/mol. The Morgan fingerprint density at radius 1 is 0.815 bits per heavy atom. The average molecular weight is 361 g/mol. The van der Waals surface area contributed by atoms with Crippen LogP contribution in [-0.4, -0.2) is 36.5 Å². The molecule has 1 aliphatic heterocycles. The van der Waals surface area contributed by atoms with Gasteiger partial charge in [0.05, 0.1) is 5.56 Å². The highest BCUT2D eigenvalue weighted by molar-refractivity contribution is 6.16. The van der Waals surface area contributed by atoms with Crippen molar-refractivity contribution in [3.8, 4) is 0 Å². The molecule has 27 heavy (non-hydrogen) atoms. The minimum atomic E-state index is -0.439. The van der Waals surface area contributed by atoms with Crippen LogP contribution in [0.5, 0.6) is 0 Å². The van der Waals surface area contributed by atoms with Gasteiger partial charge in [0.25, 0.3) is 5.91 Å². The summed E-state index contributed by atoms with van der Waals surface area (Å²) in [6, 6.07) is 17.6. The molecule has 0 atom stereocenters. The van der Waals surface area contributed by atoms with Crippen LogP contribution in [0.4, 0.5) is 0 Å². The number of nitrogens with zero attached hydrogens (tertiary/aromatic N) is 1. The molecule has 0 unspecified atom stereocenters. The van der Waals surface area contributed by atoms with Gasteiger partial charge in [-0.3, -0.25) is 4.79 Å². The minimum Gasteiger partial charge on any atom is -0.452 e. The summed E-state index contributed by atoms with van der Waals surface area (Å²) in [5.41, 5.74) is 0.535. The van der Waals surface area contributed by atoms with Crippen molar-refractivity contribution in [2.75, 3.05) is 19.7 Å². The summed E-state index contributed by atoms with van der Waals surface area (Å²) in [7, 11) is 0. The fraction of sp³-hybridized carbons (Fsp3) is 0.304. The molecule has 1 fully saturated rings. The van der Waals surface area contributed by atoms with E-state index in [1.165, 1.54) is 0 Å². The minimum absolute atomic E-state index is 0.102. The lowest BCUT2D eigenvalue weighted by atomic mass is 9.97. The molecule has 0 aliphatic carbocycles. The van der Waals surface area contributed by atoms with Gasteiger partial charge in [0.15, 0.2) is 6.61 Å². The number of benzene rings is 3. The van der Waals surface area contributed by atoms with Crippen molar-refractivity contribution < 1.29 is 14.3 Å². The Hall–Kier alpha value is -2.88. The van der Waals surface area contributed by atoms with Crippen LogP contribution in [0.2, 0.25) is 0 Å². The third kappa shape index (κ3) is 3.65. The van der Waals surface area contributed by atoms with Crippen LogP contribution in [0.3, 0.4) is 0 Å². The number of rotatable bonds is 3. The molecule has 0 saturated carbocycles. The summed E-state index contributed by atoms with van der Waals surface area (Å²) in [6.45, 7) is 1.32. The normalized spacial score (nSPS) is 14.9. The fourth-order valence-electron chi connectivity index (χ4n) is 3.84. The zero-order chi connectivity index (χ0) is 18.6. The van der Waals surface area contributed by atoms with E-state index in [2.05, 4.69) is 6.07 Å². The van der Waals surface area contributed by atoms with Crippen LogP contribution in [0.25, 0.3) is 21.5 Å². The Bertz CT molecular complexity index is 933.